The Kier molecular flexibility index (Phi) is 5.05. The van der Waals surface area contributed by atoms with Gasteiger partial charge in [0.05, 0.1) is 21.9 Å². The zero-order chi connectivity index (χ0) is 18.7. The van der Waals surface area contributed by atoms with E-state index in [2.05, 4.69) is 15.0 Å². The molecule has 0 spiro atoms. The number of rotatable bonds is 6. The highest BCUT2D eigenvalue weighted by atomic mass is 32.1. The van der Waals surface area contributed by atoms with Crippen molar-refractivity contribution >= 4 is 28.8 Å². The van der Waals surface area contributed by atoms with Gasteiger partial charge in [0.2, 0.25) is 5.95 Å². The standard InChI is InChI=1S/C16H16N6O3S/c17-14-13(11(5-2-6-23)20-16(18)21-14)15-19-12(8-26-15)9-3-1-4-10(7-9)22(24)25/h1,3-4,7-8,23H,2,5-6H2,(H4,17,18,20,21). The number of non-ortho nitro benzene ring substituents is 1. The lowest BCUT2D eigenvalue weighted by Crippen LogP contribution is -2.07. The number of nitro benzene ring substituents is 1. The lowest BCUT2D eigenvalue weighted by Gasteiger charge is -2.09. The number of nitrogens with two attached hydrogens (primary N) is 2. The highest BCUT2D eigenvalue weighted by Gasteiger charge is 2.18. The summed E-state index contributed by atoms with van der Waals surface area (Å²) in [6.07, 6.45) is 0.987. The summed E-state index contributed by atoms with van der Waals surface area (Å²) < 4.78 is 0. The minimum absolute atomic E-state index is 0.00369. The highest BCUT2D eigenvalue weighted by molar-refractivity contribution is 7.13. The van der Waals surface area contributed by atoms with Crippen molar-refractivity contribution in [2.45, 2.75) is 12.8 Å². The Morgan fingerprint density at radius 2 is 2.04 bits per heavy atom. The maximum atomic E-state index is 11.0. The fourth-order valence-corrected chi connectivity index (χ4v) is 3.41. The minimum Gasteiger partial charge on any atom is -0.396 e. The minimum atomic E-state index is -0.449. The summed E-state index contributed by atoms with van der Waals surface area (Å²) >= 11 is 1.34. The number of anilines is 2. The number of hydrogen-bond acceptors (Lipinski definition) is 9. The first-order valence-electron chi connectivity index (χ1n) is 7.73. The van der Waals surface area contributed by atoms with Crippen LogP contribution in [0.25, 0.3) is 21.8 Å². The van der Waals surface area contributed by atoms with E-state index in [1.165, 1.54) is 23.5 Å². The van der Waals surface area contributed by atoms with Gasteiger partial charge < -0.3 is 16.6 Å². The van der Waals surface area contributed by atoms with E-state index in [1.54, 1.807) is 17.5 Å². The van der Waals surface area contributed by atoms with E-state index in [0.717, 1.165) is 0 Å². The number of aliphatic hydroxyl groups excluding tert-OH is 1. The Bertz CT molecular complexity index is 959. The van der Waals surface area contributed by atoms with Gasteiger partial charge in [0.15, 0.2) is 0 Å². The Morgan fingerprint density at radius 3 is 2.77 bits per heavy atom. The van der Waals surface area contributed by atoms with Crippen LogP contribution in [0.15, 0.2) is 29.6 Å². The number of nitrogens with zero attached hydrogens (tertiary/aromatic N) is 4. The molecule has 2 aromatic heterocycles. The number of aliphatic hydroxyl groups is 1. The first kappa shape index (κ1) is 17.7. The highest BCUT2D eigenvalue weighted by Crippen LogP contribution is 2.34. The van der Waals surface area contributed by atoms with E-state index in [0.29, 0.717) is 40.4 Å². The maximum absolute atomic E-state index is 11.0. The molecule has 3 aromatic rings. The van der Waals surface area contributed by atoms with Gasteiger partial charge in [-0.05, 0) is 12.8 Å². The zero-order valence-electron chi connectivity index (χ0n) is 13.6. The van der Waals surface area contributed by atoms with Crippen LogP contribution in [0.3, 0.4) is 0 Å². The van der Waals surface area contributed by atoms with Crippen molar-refractivity contribution < 1.29 is 10.0 Å². The first-order chi connectivity index (χ1) is 12.5. The van der Waals surface area contributed by atoms with Gasteiger partial charge in [0.1, 0.15) is 10.8 Å². The van der Waals surface area contributed by atoms with E-state index in [9.17, 15) is 10.1 Å². The molecule has 2 heterocycles. The summed E-state index contributed by atoms with van der Waals surface area (Å²) in [6.45, 7) is 0.0139. The van der Waals surface area contributed by atoms with Gasteiger partial charge in [-0.3, -0.25) is 10.1 Å². The van der Waals surface area contributed by atoms with Crippen LogP contribution in [0.5, 0.6) is 0 Å². The molecule has 0 atom stereocenters. The predicted molar refractivity (Wildman–Crippen MR) is 99.5 cm³/mol. The van der Waals surface area contributed by atoms with Crippen LogP contribution >= 0.6 is 11.3 Å². The molecule has 5 N–H and O–H groups in total. The van der Waals surface area contributed by atoms with Crippen LogP contribution in [0.4, 0.5) is 17.5 Å². The molecule has 0 amide bonds. The van der Waals surface area contributed by atoms with Gasteiger partial charge in [-0.2, -0.15) is 4.98 Å². The molecule has 0 radical (unpaired) electrons. The molecule has 0 aliphatic rings. The summed E-state index contributed by atoms with van der Waals surface area (Å²) in [5.41, 5.74) is 14.1. The third-order valence-electron chi connectivity index (χ3n) is 3.67. The predicted octanol–water partition coefficient (Wildman–Crippen LogP) is 2.26. The number of nitro groups is 1. The topological polar surface area (TPSA) is 154 Å². The lowest BCUT2D eigenvalue weighted by atomic mass is 10.1. The second-order valence-electron chi connectivity index (χ2n) is 5.46. The normalized spacial score (nSPS) is 10.8. The fourth-order valence-electron chi connectivity index (χ4n) is 2.51. The number of aromatic nitrogens is 3. The van der Waals surface area contributed by atoms with Crippen molar-refractivity contribution in [3.63, 3.8) is 0 Å². The van der Waals surface area contributed by atoms with Crippen molar-refractivity contribution in [2.75, 3.05) is 18.1 Å². The number of thiazole rings is 1. The number of nitrogen functional groups attached to an aromatic ring is 2. The van der Waals surface area contributed by atoms with Crippen LogP contribution < -0.4 is 11.5 Å². The Morgan fingerprint density at radius 1 is 1.23 bits per heavy atom. The van der Waals surface area contributed by atoms with E-state index in [-0.39, 0.29) is 24.1 Å². The van der Waals surface area contributed by atoms with Gasteiger partial charge in [0.25, 0.3) is 5.69 Å². The van der Waals surface area contributed by atoms with Crippen LogP contribution in [-0.2, 0) is 6.42 Å². The Balaban J connectivity index is 2.03. The van der Waals surface area contributed by atoms with Gasteiger partial charge in [-0.1, -0.05) is 12.1 Å². The third kappa shape index (κ3) is 3.60. The summed E-state index contributed by atoms with van der Waals surface area (Å²) in [5, 5.41) is 22.4. The van der Waals surface area contributed by atoms with Gasteiger partial charge in [-0.25, -0.2) is 9.97 Å². The Hall–Kier alpha value is -3.11. The molecule has 0 aliphatic carbocycles. The van der Waals surface area contributed by atoms with E-state index < -0.39 is 4.92 Å². The number of benzene rings is 1. The van der Waals surface area contributed by atoms with Crippen molar-refractivity contribution in [2.24, 2.45) is 0 Å². The summed E-state index contributed by atoms with van der Waals surface area (Å²) in [4.78, 5) is 23.3. The molecule has 3 rings (SSSR count). The third-order valence-corrected chi connectivity index (χ3v) is 4.53. The molecule has 10 heteroatoms. The quantitative estimate of drug-likeness (QED) is 0.440. The van der Waals surface area contributed by atoms with Crippen molar-refractivity contribution in [3.8, 4) is 21.8 Å². The average molecular weight is 372 g/mol. The maximum Gasteiger partial charge on any atom is 0.270 e. The summed E-state index contributed by atoms with van der Waals surface area (Å²) in [6, 6.07) is 6.26. The second kappa shape index (κ2) is 7.42. The van der Waals surface area contributed by atoms with Gasteiger partial charge in [-0.15, -0.1) is 11.3 Å². The SMILES string of the molecule is Nc1nc(N)c(-c2nc(-c3cccc([N+](=O)[O-])c3)cs2)c(CCCO)n1. The van der Waals surface area contributed by atoms with Crippen molar-refractivity contribution in [1.82, 2.24) is 15.0 Å². The number of aryl methyl sites for hydroxylation is 1. The summed E-state index contributed by atoms with van der Waals surface area (Å²) in [7, 11) is 0. The van der Waals surface area contributed by atoms with Crippen molar-refractivity contribution in [3.05, 3.63) is 45.5 Å². The molecular weight excluding hydrogens is 356 g/mol. The van der Waals surface area contributed by atoms with Crippen LogP contribution in [0.2, 0.25) is 0 Å². The molecule has 1 aromatic carbocycles. The number of hydrogen-bond donors (Lipinski definition) is 3. The average Bonchev–Trinajstić information content (AvgIpc) is 3.09. The fraction of sp³-hybridized carbons (Fsp3) is 0.188. The van der Waals surface area contributed by atoms with Crippen LogP contribution in [0, 0.1) is 10.1 Å². The molecule has 0 aliphatic heterocycles. The lowest BCUT2D eigenvalue weighted by molar-refractivity contribution is -0.384. The molecule has 9 nitrogen and oxygen atoms in total. The molecule has 0 fully saturated rings. The molecule has 26 heavy (non-hydrogen) atoms. The van der Waals surface area contributed by atoms with Gasteiger partial charge >= 0.3 is 0 Å². The monoisotopic (exact) mass is 372 g/mol. The van der Waals surface area contributed by atoms with E-state index in [4.69, 9.17) is 16.6 Å². The molecule has 0 unspecified atom stereocenters. The van der Waals surface area contributed by atoms with Crippen LogP contribution in [0.1, 0.15) is 12.1 Å². The molecule has 134 valence electrons. The zero-order valence-corrected chi connectivity index (χ0v) is 14.4. The van der Waals surface area contributed by atoms with E-state index >= 15 is 0 Å². The molecular formula is C16H16N6O3S. The van der Waals surface area contributed by atoms with Crippen molar-refractivity contribution in [1.29, 1.82) is 0 Å². The van der Waals surface area contributed by atoms with Gasteiger partial charge in [0, 0.05) is 29.7 Å². The van der Waals surface area contributed by atoms with E-state index in [1.807, 2.05) is 0 Å². The first-order valence-corrected chi connectivity index (χ1v) is 8.61. The summed E-state index contributed by atoms with van der Waals surface area (Å²) in [5.74, 6) is 0.278. The molecule has 0 saturated heterocycles. The Labute approximate surface area is 152 Å². The second-order valence-corrected chi connectivity index (χ2v) is 6.32. The molecule has 0 saturated carbocycles. The smallest absolute Gasteiger partial charge is 0.270 e. The largest absolute Gasteiger partial charge is 0.396 e. The van der Waals surface area contributed by atoms with Crippen LogP contribution in [-0.4, -0.2) is 31.6 Å². The molecule has 0 bridgehead atoms.